The van der Waals surface area contributed by atoms with Crippen LogP contribution in [-0.4, -0.2) is 74.6 Å². The van der Waals surface area contributed by atoms with Crippen LogP contribution in [0.25, 0.3) is 5.76 Å². The number of hydrogen-bond acceptors (Lipinski definition) is 7. The summed E-state index contributed by atoms with van der Waals surface area (Å²) in [6.07, 6.45) is 1.97. The first-order chi connectivity index (χ1) is 16.8. The Bertz CT molecular complexity index is 1080. The molecule has 0 saturated carbocycles. The second-order valence-electron chi connectivity index (χ2n) is 8.60. The number of methoxy groups -OCH3 is 2. The van der Waals surface area contributed by atoms with Crippen LogP contribution in [0.1, 0.15) is 36.9 Å². The van der Waals surface area contributed by atoms with Crippen LogP contribution < -0.4 is 14.2 Å². The Hall–Kier alpha value is -3.52. The molecule has 8 heteroatoms. The SMILES string of the molecule is CCCCOc1ccc(/C(O)=C2\C(=O)C(=O)N(CCN(C)C)[C@H]2c2cccc(OC)c2OC)cc1. The predicted octanol–water partition coefficient (Wildman–Crippen LogP) is 3.87. The van der Waals surface area contributed by atoms with Gasteiger partial charge < -0.3 is 29.1 Å². The van der Waals surface area contributed by atoms with Crippen molar-refractivity contribution in [2.75, 3.05) is 48.0 Å². The molecule has 1 aliphatic heterocycles. The lowest BCUT2D eigenvalue weighted by Gasteiger charge is -2.28. The Balaban J connectivity index is 2.11. The number of aliphatic hydroxyl groups excluding tert-OH is 1. The topological polar surface area (TPSA) is 88.5 Å². The van der Waals surface area contributed by atoms with Crippen LogP contribution in [0.5, 0.6) is 17.2 Å². The second kappa shape index (κ2) is 11.8. The third-order valence-electron chi connectivity index (χ3n) is 5.95. The average molecular weight is 483 g/mol. The number of amides is 1. The fraction of sp³-hybridized carbons (Fsp3) is 0.407. The lowest BCUT2D eigenvalue weighted by atomic mass is 9.94. The smallest absolute Gasteiger partial charge is 0.295 e. The Morgan fingerprint density at radius 3 is 2.37 bits per heavy atom. The van der Waals surface area contributed by atoms with Crippen molar-refractivity contribution in [2.24, 2.45) is 0 Å². The van der Waals surface area contributed by atoms with Gasteiger partial charge in [-0.25, -0.2) is 0 Å². The Labute approximate surface area is 206 Å². The summed E-state index contributed by atoms with van der Waals surface area (Å²) in [4.78, 5) is 29.8. The van der Waals surface area contributed by atoms with Crippen molar-refractivity contribution < 1.29 is 28.9 Å². The van der Waals surface area contributed by atoms with E-state index in [1.807, 2.05) is 19.0 Å². The number of hydrogen-bond donors (Lipinski definition) is 1. The first-order valence-corrected chi connectivity index (χ1v) is 11.7. The van der Waals surface area contributed by atoms with Crippen molar-refractivity contribution in [3.05, 3.63) is 59.2 Å². The number of rotatable bonds is 11. The molecule has 2 aromatic carbocycles. The van der Waals surface area contributed by atoms with Gasteiger partial charge in [-0.1, -0.05) is 25.5 Å². The van der Waals surface area contributed by atoms with Crippen LogP contribution in [-0.2, 0) is 9.59 Å². The molecule has 0 aromatic heterocycles. The Morgan fingerprint density at radius 2 is 1.77 bits per heavy atom. The number of likely N-dealkylation sites (tertiary alicyclic amines) is 1. The Kier molecular flexibility index (Phi) is 8.76. The van der Waals surface area contributed by atoms with E-state index in [1.165, 1.54) is 19.1 Å². The zero-order valence-electron chi connectivity index (χ0n) is 21.0. The number of unbranched alkanes of at least 4 members (excludes halogenated alkanes) is 1. The average Bonchev–Trinajstić information content (AvgIpc) is 3.11. The lowest BCUT2D eigenvalue weighted by molar-refractivity contribution is -0.140. The minimum absolute atomic E-state index is 0.0139. The van der Waals surface area contributed by atoms with Crippen molar-refractivity contribution in [2.45, 2.75) is 25.8 Å². The summed E-state index contributed by atoms with van der Waals surface area (Å²) >= 11 is 0. The quantitative estimate of drug-likeness (QED) is 0.225. The molecule has 188 valence electrons. The largest absolute Gasteiger partial charge is 0.507 e. The zero-order valence-corrected chi connectivity index (χ0v) is 21.0. The van der Waals surface area contributed by atoms with Crippen LogP contribution in [0.3, 0.4) is 0 Å². The number of Topliss-reactive ketones (excluding diaryl/α,β-unsaturated/α-hetero) is 1. The van der Waals surface area contributed by atoms with E-state index in [9.17, 15) is 14.7 Å². The first kappa shape index (κ1) is 26.1. The van der Waals surface area contributed by atoms with Crippen molar-refractivity contribution in [1.82, 2.24) is 9.80 Å². The highest BCUT2D eigenvalue weighted by atomic mass is 16.5. The predicted molar refractivity (Wildman–Crippen MR) is 134 cm³/mol. The number of benzene rings is 2. The van der Waals surface area contributed by atoms with E-state index >= 15 is 0 Å². The summed E-state index contributed by atoms with van der Waals surface area (Å²) in [5.41, 5.74) is 0.996. The minimum atomic E-state index is -0.833. The second-order valence-corrected chi connectivity index (χ2v) is 8.60. The summed E-state index contributed by atoms with van der Waals surface area (Å²) in [6, 6.07) is 11.3. The van der Waals surface area contributed by atoms with Crippen LogP contribution in [0, 0.1) is 0 Å². The van der Waals surface area contributed by atoms with Gasteiger partial charge in [-0.2, -0.15) is 0 Å². The molecule has 1 atom stereocenters. The monoisotopic (exact) mass is 482 g/mol. The van der Waals surface area contributed by atoms with E-state index in [0.717, 1.165) is 12.8 Å². The maximum Gasteiger partial charge on any atom is 0.295 e. The van der Waals surface area contributed by atoms with Gasteiger partial charge in [0, 0.05) is 24.2 Å². The van der Waals surface area contributed by atoms with E-state index in [4.69, 9.17) is 14.2 Å². The molecule has 0 spiro atoms. The van der Waals surface area contributed by atoms with Crippen LogP contribution >= 0.6 is 0 Å². The normalized spacial score (nSPS) is 17.2. The third kappa shape index (κ3) is 5.59. The van der Waals surface area contributed by atoms with Gasteiger partial charge in [-0.05, 0) is 50.8 Å². The number of aliphatic hydroxyl groups is 1. The highest BCUT2D eigenvalue weighted by Gasteiger charge is 2.47. The van der Waals surface area contributed by atoms with Crippen molar-refractivity contribution in [1.29, 1.82) is 0 Å². The fourth-order valence-electron chi connectivity index (χ4n) is 4.07. The molecule has 1 N–H and O–H groups in total. The van der Waals surface area contributed by atoms with Gasteiger partial charge in [0.1, 0.15) is 11.5 Å². The standard InChI is InChI=1S/C27H34N2O6/c1-6-7-17-35-19-13-11-18(12-14-19)24(30)22-23(20-9-8-10-21(33-4)26(20)34-5)29(16-15-28(2)3)27(32)25(22)31/h8-14,23,30H,6-7,15-17H2,1-5H3/b24-22+/t23-/m0/s1. The summed E-state index contributed by atoms with van der Waals surface area (Å²) < 4.78 is 16.8. The molecule has 1 aliphatic rings. The van der Waals surface area contributed by atoms with Gasteiger partial charge in [0.25, 0.3) is 11.7 Å². The van der Waals surface area contributed by atoms with Crippen LogP contribution in [0.2, 0.25) is 0 Å². The van der Waals surface area contributed by atoms with Crippen molar-refractivity contribution in [3.8, 4) is 17.2 Å². The molecule has 3 rings (SSSR count). The van der Waals surface area contributed by atoms with Crippen molar-refractivity contribution >= 4 is 17.4 Å². The molecular formula is C27H34N2O6. The summed E-state index contributed by atoms with van der Waals surface area (Å²) in [5.74, 6) is -0.0977. The van der Waals surface area contributed by atoms with E-state index in [2.05, 4.69) is 6.92 Å². The number of likely N-dealkylation sites (N-methyl/N-ethyl adjacent to an activating group) is 1. The van der Waals surface area contributed by atoms with E-state index in [-0.39, 0.29) is 11.3 Å². The van der Waals surface area contributed by atoms with Gasteiger partial charge >= 0.3 is 0 Å². The van der Waals surface area contributed by atoms with Gasteiger partial charge in [-0.3, -0.25) is 9.59 Å². The summed E-state index contributed by atoms with van der Waals surface area (Å²) in [6.45, 7) is 3.53. The lowest BCUT2D eigenvalue weighted by Crippen LogP contribution is -2.35. The van der Waals surface area contributed by atoms with E-state index in [1.54, 1.807) is 42.5 Å². The number of para-hydroxylation sites is 1. The van der Waals surface area contributed by atoms with Crippen LogP contribution in [0.15, 0.2) is 48.0 Å². The number of nitrogens with zero attached hydrogens (tertiary/aromatic N) is 2. The molecule has 35 heavy (non-hydrogen) atoms. The van der Waals surface area contributed by atoms with Gasteiger partial charge in [0.05, 0.1) is 32.4 Å². The maximum atomic E-state index is 13.2. The van der Waals surface area contributed by atoms with Gasteiger partial charge in [0.15, 0.2) is 11.5 Å². The molecule has 2 aromatic rings. The molecule has 0 bridgehead atoms. The van der Waals surface area contributed by atoms with E-state index in [0.29, 0.717) is 48.1 Å². The number of ether oxygens (including phenoxy) is 3. The molecule has 1 fully saturated rings. The molecule has 1 amide bonds. The fourth-order valence-corrected chi connectivity index (χ4v) is 4.07. The van der Waals surface area contributed by atoms with Gasteiger partial charge in [-0.15, -0.1) is 0 Å². The third-order valence-corrected chi connectivity index (χ3v) is 5.95. The molecule has 1 saturated heterocycles. The minimum Gasteiger partial charge on any atom is -0.507 e. The molecular weight excluding hydrogens is 448 g/mol. The number of carbonyl (C=O) groups excluding carboxylic acids is 2. The molecule has 0 unspecified atom stereocenters. The summed E-state index contributed by atoms with van der Waals surface area (Å²) in [5, 5.41) is 11.3. The molecule has 0 aliphatic carbocycles. The highest BCUT2D eigenvalue weighted by molar-refractivity contribution is 6.46. The molecule has 1 heterocycles. The van der Waals surface area contributed by atoms with E-state index < -0.39 is 17.7 Å². The van der Waals surface area contributed by atoms with Crippen molar-refractivity contribution in [3.63, 3.8) is 0 Å². The highest BCUT2D eigenvalue weighted by Crippen LogP contribution is 2.45. The number of carbonyl (C=O) groups is 2. The Morgan fingerprint density at radius 1 is 1.06 bits per heavy atom. The van der Waals surface area contributed by atoms with Gasteiger partial charge in [0.2, 0.25) is 0 Å². The molecule has 8 nitrogen and oxygen atoms in total. The summed E-state index contributed by atoms with van der Waals surface area (Å²) in [7, 11) is 6.81. The number of ketones is 1. The maximum absolute atomic E-state index is 13.2. The first-order valence-electron chi connectivity index (χ1n) is 11.7. The molecule has 0 radical (unpaired) electrons. The van der Waals surface area contributed by atoms with Crippen LogP contribution in [0.4, 0.5) is 0 Å². The zero-order chi connectivity index (χ0) is 25.5.